The highest BCUT2D eigenvalue weighted by Gasteiger charge is 2.38. The molecule has 0 unspecified atom stereocenters. The Bertz CT molecular complexity index is 1420. The molecule has 1 aliphatic rings. The number of rotatable bonds is 7. The molecule has 0 saturated carbocycles. The summed E-state index contributed by atoms with van der Waals surface area (Å²) in [7, 11) is -4.12. The van der Waals surface area contributed by atoms with Crippen LogP contribution in [0.3, 0.4) is 0 Å². The summed E-state index contributed by atoms with van der Waals surface area (Å²) in [6.45, 7) is 3.69. The van der Waals surface area contributed by atoms with E-state index in [2.05, 4.69) is 4.72 Å². The predicted octanol–water partition coefficient (Wildman–Crippen LogP) is 4.50. The lowest BCUT2D eigenvalue weighted by atomic mass is 10.0. The molecule has 7 nitrogen and oxygen atoms in total. The molecule has 0 bridgehead atoms. The van der Waals surface area contributed by atoms with Gasteiger partial charge in [-0.25, -0.2) is 22.0 Å². The lowest BCUT2D eigenvalue weighted by Crippen LogP contribution is -2.44. The van der Waals surface area contributed by atoms with Crippen LogP contribution >= 0.6 is 0 Å². The minimum absolute atomic E-state index is 0.184. The van der Waals surface area contributed by atoms with Gasteiger partial charge in [0.15, 0.2) is 11.6 Å². The fourth-order valence-corrected chi connectivity index (χ4v) is 5.18. The Labute approximate surface area is 201 Å². The van der Waals surface area contributed by atoms with Crippen molar-refractivity contribution in [2.45, 2.75) is 31.3 Å². The molecule has 0 spiro atoms. The van der Waals surface area contributed by atoms with Gasteiger partial charge >= 0.3 is 5.97 Å². The molecule has 1 atom stereocenters. The van der Waals surface area contributed by atoms with E-state index in [-0.39, 0.29) is 24.1 Å². The maximum Gasteiger partial charge on any atom is 0.326 e. The highest BCUT2D eigenvalue weighted by molar-refractivity contribution is 7.92. The van der Waals surface area contributed by atoms with Crippen LogP contribution in [-0.4, -0.2) is 36.3 Å². The van der Waals surface area contributed by atoms with Crippen LogP contribution in [0.2, 0.25) is 0 Å². The number of fused-ring (bicyclic) bond motifs is 1. The molecular formula is C25H22F2N2O5S. The van der Waals surface area contributed by atoms with Gasteiger partial charge in [0.05, 0.1) is 4.90 Å². The second-order valence-electron chi connectivity index (χ2n) is 8.59. The summed E-state index contributed by atoms with van der Waals surface area (Å²) < 4.78 is 53.8. The highest BCUT2D eigenvalue weighted by atomic mass is 32.2. The van der Waals surface area contributed by atoms with E-state index in [1.54, 1.807) is 38.1 Å². The Morgan fingerprint density at radius 2 is 1.63 bits per heavy atom. The number of amides is 1. The van der Waals surface area contributed by atoms with Gasteiger partial charge in [0, 0.05) is 17.8 Å². The molecule has 0 saturated heterocycles. The van der Waals surface area contributed by atoms with Gasteiger partial charge in [0.25, 0.3) is 15.9 Å². The Hall–Kier alpha value is -3.79. The van der Waals surface area contributed by atoms with Gasteiger partial charge in [-0.2, -0.15) is 0 Å². The SMILES string of the molecule is CC(C)[C@@H](C(=O)O)N1Cc2cc(-c3ccc(NS(=O)(=O)c4ccc(F)c(F)c4)cc3)ccc2C1=O. The second kappa shape index (κ2) is 9.10. The van der Waals surface area contributed by atoms with Crippen molar-refractivity contribution in [1.29, 1.82) is 0 Å². The number of carboxylic acids is 1. The number of hydrogen-bond donors (Lipinski definition) is 2. The molecule has 3 aromatic rings. The fraction of sp³-hybridized carbons (Fsp3) is 0.200. The molecule has 10 heteroatoms. The van der Waals surface area contributed by atoms with E-state index < -0.39 is 38.6 Å². The first kappa shape index (κ1) is 24.3. The van der Waals surface area contributed by atoms with Crippen LogP contribution in [0.1, 0.15) is 29.8 Å². The largest absolute Gasteiger partial charge is 0.480 e. The van der Waals surface area contributed by atoms with Crippen LogP contribution in [0.15, 0.2) is 65.6 Å². The third-order valence-corrected chi connectivity index (χ3v) is 7.21. The molecule has 1 heterocycles. The van der Waals surface area contributed by atoms with Gasteiger partial charge in [-0.1, -0.05) is 32.0 Å². The molecule has 0 radical (unpaired) electrons. The number of sulfonamides is 1. The lowest BCUT2D eigenvalue weighted by Gasteiger charge is -2.27. The first-order chi connectivity index (χ1) is 16.5. The monoisotopic (exact) mass is 500 g/mol. The molecule has 35 heavy (non-hydrogen) atoms. The molecule has 1 amide bonds. The molecule has 4 rings (SSSR count). The van der Waals surface area contributed by atoms with Crippen molar-refractivity contribution < 1.29 is 31.9 Å². The van der Waals surface area contributed by atoms with E-state index in [1.807, 2.05) is 6.07 Å². The number of halogens is 2. The van der Waals surface area contributed by atoms with Gasteiger partial charge in [-0.15, -0.1) is 0 Å². The number of hydrogen-bond acceptors (Lipinski definition) is 4. The molecule has 1 aliphatic heterocycles. The van der Waals surface area contributed by atoms with Gasteiger partial charge < -0.3 is 10.0 Å². The fourth-order valence-electron chi connectivity index (χ4n) is 4.11. The smallest absolute Gasteiger partial charge is 0.326 e. The molecule has 0 aromatic heterocycles. The number of carbonyl (C=O) groups is 2. The molecule has 2 N–H and O–H groups in total. The average Bonchev–Trinajstić information content (AvgIpc) is 3.10. The lowest BCUT2D eigenvalue weighted by molar-refractivity contribution is -0.144. The van der Waals surface area contributed by atoms with Crippen LogP contribution in [0, 0.1) is 17.6 Å². The number of carbonyl (C=O) groups excluding carboxylic acids is 1. The van der Waals surface area contributed by atoms with E-state index in [0.29, 0.717) is 17.2 Å². The maximum absolute atomic E-state index is 13.4. The highest BCUT2D eigenvalue weighted by Crippen LogP contribution is 2.32. The number of aliphatic carboxylic acids is 1. The van der Waals surface area contributed by atoms with E-state index in [0.717, 1.165) is 23.3 Å². The van der Waals surface area contributed by atoms with Crippen molar-refractivity contribution in [1.82, 2.24) is 4.90 Å². The zero-order valence-corrected chi connectivity index (χ0v) is 19.6. The third-order valence-electron chi connectivity index (χ3n) is 5.83. The van der Waals surface area contributed by atoms with Gasteiger partial charge in [0.2, 0.25) is 0 Å². The second-order valence-corrected chi connectivity index (χ2v) is 10.3. The summed E-state index contributed by atoms with van der Waals surface area (Å²) in [5.41, 5.74) is 2.90. The summed E-state index contributed by atoms with van der Waals surface area (Å²) in [6.07, 6.45) is 0. The number of carboxylic acid groups (broad SMARTS) is 1. The Kier molecular flexibility index (Phi) is 6.33. The minimum Gasteiger partial charge on any atom is -0.480 e. The summed E-state index contributed by atoms with van der Waals surface area (Å²) in [5, 5.41) is 9.56. The topological polar surface area (TPSA) is 104 Å². The summed E-state index contributed by atoms with van der Waals surface area (Å²) in [6, 6.07) is 13.0. The first-order valence-electron chi connectivity index (χ1n) is 10.7. The number of benzene rings is 3. The van der Waals surface area contributed by atoms with Crippen LogP contribution in [0.25, 0.3) is 11.1 Å². The van der Waals surface area contributed by atoms with E-state index >= 15 is 0 Å². The summed E-state index contributed by atoms with van der Waals surface area (Å²) in [5.74, 6) is -4.04. The number of anilines is 1. The molecule has 0 aliphatic carbocycles. The van der Waals surface area contributed by atoms with Crippen LogP contribution in [-0.2, 0) is 21.4 Å². The number of nitrogens with one attached hydrogen (secondary N) is 1. The van der Waals surface area contributed by atoms with E-state index in [4.69, 9.17) is 0 Å². The van der Waals surface area contributed by atoms with Gasteiger partial charge in [-0.3, -0.25) is 9.52 Å². The Morgan fingerprint density at radius 3 is 2.23 bits per heavy atom. The number of nitrogens with zero attached hydrogens (tertiary/aromatic N) is 1. The minimum atomic E-state index is -4.12. The maximum atomic E-state index is 13.4. The summed E-state index contributed by atoms with van der Waals surface area (Å²) >= 11 is 0. The van der Waals surface area contributed by atoms with Crippen molar-refractivity contribution in [2.24, 2.45) is 5.92 Å². The third kappa shape index (κ3) is 4.74. The van der Waals surface area contributed by atoms with Crippen LogP contribution in [0.4, 0.5) is 14.5 Å². The molecule has 0 fully saturated rings. The normalized spacial score (nSPS) is 14.2. The molecule has 3 aromatic carbocycles. The van der Waals surface area contributed by atoms with Crippen molar-refractivity contribution in [3.8, 4) is 11.1 Å². The van der Waals surface area contributed by atoms with E-state index in [1.165, 1.54) is 17.0 Å². The Morgan fingerprint density at radius 1 is 0.971 bits per heavy atom. The summed E-state index contributed by atoms with van der Waals surface area (Å²) in [4.78, 5) is 25.4. The van der Waals surface area contributed by atoms with Gasteiger partial charge in [-0.05, 0) is 65.1 Å². The first-order valence-corrected chi connectivity index (χ1v) is 12.2. The van der Waals surface area contributed by atoms with Crippen molar-refractivity contribution in [3.63, 3.8) is 0 Å². The molecule has 182 valence electrons. The van der Waals surface area contributed by atoms with E-state index in [9.17, 15) is 31.9 Å². The average molecular weight is 501 g/mol. The van der Waals surface area contributed by atoms with Crippen molar-refractivity contribution in [3.05, 3.63) is 83.4 Å². The predicted molar refractivity (Wildman–Crippen MR) is 125 cm³/mol. The van der Waals surface area contributed by atoms with Crippen molar-refractivity contribution in [2.75, 3.05) is 4.72 Å². The van der Waals surface area contributed by atoms with Crippen LogP contribution < -0.4 is 4.72 Å². The van der Waals surface area contributed by atoms with Crippen molar-refractivity contribution >= 4 is 27.6 Å². The zero-order chi connectivity index (χ0) is 25.5. The zero-order valence-electron chi connectivity index (χ0n) is 18.8. The van der Waals surface area contributed by atoms with Crippen LogP contribution in [0.5, 0.6) is 0 Å². The quantitative estimate of drug-likeness (QED) is 0.497. The molecular weight excluding hydrogens is 478 g/mol. The Balaban J connectivity index is 1.54. The van der Waals surface area contributed by atoms with Gasteiger partial charge in [0.1, 0.15) is 6.04 Å². The standard InChI is InChI=1S/C25H22F2N2O5S/c1-14(2)23(25(31)32)29-13-17-11-16(5-9-20(17)24(29)30)15-3-6-18(7-4-15)28-35(33,34)19-8-10-21(26)22(27)12-19/h3-12,14,23,28H,13H2,1-2H3,(H,31,32)/t23-/m0/s1.